The fourth-order valence-electron chi connectivity index (χ4n) is 1.73. The third-order valence-electron chi connectivity index (χ3n) is 2.45. The SMILES string of the molecule is CN1CCN2NN3C=NSC3=C2C1. The third kappa shape index (κ3) is 1.06. The van der Waals surface area contributed by atoms with Gasteiger partial charge in [0, 0.05) is 31.6 Å². The van der Waals surface area contributed by atoms with Gasteiger partial charge in [0.15, 0.2) is 0 Å². The van der Waals surface area contributed by atoms with Crippen LogP contribution in [-0.2, 0) is 0 Å². The van der Waals surface area contributed by atoms with E-state index in [1.807, 2.05) is 11.3 Å². The summed E-state index contributed by atoms with van der Waals surface area (Å²) in [5.74, 6) is 0. The lowest BCUT2D eigenvalue weighted by molar-refractivity contribution is 0.128. The second kappa shape index (κ2) is 2.63. The molecule has 13 heavy (non-hydrogen) atoms. The Morgan fingerprint density at radius 2 is 2.46 bits per heavy atom. The number of likely N-dealkylation sites (N-methyl/N-ethyl adjacent to an activating group) is 1. The molecule has 0 bridgehead atoms. The highest BCUT2D eigenvalue weighted by atomic mass is 32.2. The van der Waals surface area contributed by atoms with E-state index in [0.29, 0.717) is 0 Å². The molecule has 3 aliphatic heterocycles. The Labute approximate surface area is 81.1 Å². The zero-order valence-corrected chi connectivity index (χ0v) is 8.21. The Morgan fingerprint density at radius 3 is 3.38 bits per heavy atom. The molecule has 0 amide bonds. The molecule has 0 aromatic rings. The third-order valence-corrected chi connectivity index (χ3v) is 3.25. The lowest BCUT2D eigenvalue weighted by atomic mass is 10.3. The fourth-order valence-corrected chi connectivity index (χ4v) is 2.43. The molecule has 0 atom stereocenters. The van der Waals surface area contributed by atoms with Crippen molar-refractivity contribution in [2.45, 2.75) is 0 Å². The number of hydrazine groups is 2. The molecule has 1 saturated heterocycles. The lowest BCUT2D eigenvalue weighted by Crippen LogP contribution is -2.48. The smallest absolute Gasteiger partial charge is 0.138 e. The van der Waals surface area contributed by atoms with E-state index < -0.39 is 0 Å². The van der Waals surface area contributed by atoms with E-state index >= 15 is 0 Å². The molecule has 3 rings (SSSR count). The summed E-state index contributed by atoms with van der Waals surface area (Å²) >= 11 is 1.54. The van der Waals surface area contributed by atoms with Crippen molar-refractivity contribution in [3.63, 3.8) is 0 Å². The molecular formula is C7H11N5S. The van der Waals surface area contributed by atoms with Crippen LogP contribution >= 0.6 is 11.9 Å². The molecule has 3 aliphatic rings. The molecule has 0 radical (unpaired) electrons. The maximum atomic E-state index is 4.14. The highest BCUT2D eigenvalue weighted by Crippen LogP contribution is 2.34. The van der Waals surface area contributed by atoms with Gasteiger partial charge >= 0.3 is 0 Å². The van der Waals surface area contributed by atoms with E-state index in [1.165, 1.54) is 10.7 Å². The molecule has 0 aliphatic carbocycles. The van der Waals surface area contributed by atoms with Crippen molar-refractivity contribution in [2.75, 3.05) is 26.7 Å². The summed E-state index contributed by atoms with van der Waals surface area (Å²) in [5.41, 5.74) is 4.61. The molecule has 1 fully saturated rings. The van der Waals surface area contributed by atoms with Crippen molar-refractivity contribution in [3.8, 4) is 0 Å². The zero-order chi connectivity index (χ0) is 8.84. The number of hydrogen-bond donors (Lipinski definition) is 1. The van der Waals surface area contributed by atoms with Gasteiger partial charge in [-0.15, -0.1) is 5.53 Å². The van der Waals surface area contributed by atoms with Crippen LogP contribution in [0, 0.1) is 0 Å². The first-order valence-electron chi connectivity index (χ1n) is 4.30. The summed E-state index contributed by atoms with van der Waals surface area (Å²) in [6, 6.07) is 0. The molecule has 0 unspecified atom stereocenters. The molecule has 1 N–H and O–H groups in total. The normalized spacial score (nSPS) is 27.2. The van der Waals surface area contributed by atoms with Crippen molar-refractivity contribution >= 4 is 18.3 Å². The molecule has 0 aromatic heterocycles. The number of nitrogens with one attached hydrogen (secondary N) is 1. The van der Waals surface area contributed by atoms with Crippen molar-refractivity contribution in [1.82, 2.24) is 20.5 Å². The minimum Gasteiger partial charge on any atom is -0.299 e. The van der Waals surface area contributed by atoms with Crippen molar-refractivity contribution < 1.29 is 0 Å². The summed E-state index contributed by atoms with van der Waals surface area (Å²) < 4.78 is 4.14. The molecule has 5 nitrogen and oxygen atoms in total. The highest BCUT2D eigenvalue weighted by Gasteiger charge is 2.34. The zero-order valence-electron chi connectivity index (χ0n) is 7.40. The molecule has 3 heterocycles. The fraction of sp³-hybridized carbons (Fsp3) is 0.571. The van der Waals surface area contributed by atoms with Crippen LogP contribution in [0.2, 0.25) is 0 Å². The first kappa shape index (κ1) is 7.66. The standard InChI is InChI=1S/C7H11N5S/c1-10-2-3-11-6(4-10)7-12(9-11)5-8-13-7/h5,9H,2-4H2,1H3. The van der Waals surface area contributed by atoms with E-state index in [1.54, 1.807) is 11.9 Å². The number of rotatable bonds is 0. The largest absolute Gasteiger partial charge is 0.299 e. The second-order valence-electron chi connectivity index (χ2n) is 3.42. The maximum absolute atomic E-state index is 4.14. The second-order valence-corrected chi connectivity index (χ2v) is 4.20. The van der Waals surface area contributed by atoms with Crippen LogP contribution in [0.4, 0.5) is 0 Å². The molecule has 70 valence electrons. The maximum Gasteiger partial charge on any atom is 0.138 e. The average molecular weight is 197 g/mol. The highest BCUT2D eigenvalue weighted by molar-refractivity contribution is 8.02. The number of fused-ring (bicyclic) bond motifs is 2. The topological polar surface area (TPSA) is 34.1 Å². The van der Waals surface area contributed by atoms with E-state index in [0.717, 1.165) is 19.6 Å². The van der Waals surface area contributed by atoms with Gasteiger partial charge in [-0.2, -0.15) is 4.40 Å². The molecule has 0 spiro atoms. The Kier molecular flexibility index (Phi) is 1.55. The lowest BCUT2D eigenvalue weighted by Gasteiger charge is -2.32. The number of hydrogen-bond acceptors (Lipinski definition) is 6. The summed E-state index contributed by atoms with van der Waals surface area (Å²) in [6.07, 6.45) is 1.82. The van der Waals surface area contributed by atoms with Crippen LogP contribution in [0.1, 0.15) is 0 Å². The Balaban J connectivity index is 1.93. The number of piperazine rings is 1. The van der Waals surface area contributed by atoms with E-state index in [-0.39, 0.29) is 0 Å². The van der Waals surface area contributed by atoms with Gasteiger partial charge in [0.05, 0.1) is 5.70 Å². The van der Waals surface area contributed by atoms with Crippen LogP contribution in [0.5, 0.6) is 0 Å². The van der Waals surface area contributed by atoms with Gasteiger partial charge < -0.3 is 0 Å². The van der Waals surface area contributed by atoms with Crippen molar-refractivity contribution in [2.24, 2.45) is 4.40 Å². The van der Waals surface area contributed by atoms with E-state index in [4.69, 9.17) is 0 Å². The molecular weight excluding hydrogens is 186 g/mol. The predicted molar refractivity (Wildman–Crippen MR) is 52.3 cm³/mol. The van der Waals surface area contributed by atoms with E-state index in [9.17, 15) is 0 Å². The number of nitrogens with zero attached hydrogens (tertiary/aromatic N) is 4. The van der Waals surface area contributed by atoms with E-state index in [2.05, 4.69) is 26.9 Å². The van der Waals surface area contributed by atoms with Gasteiger partial charge in [-0.1, -0.05) is 0 Å². The van der Waals surface area contributed by atoms with Gasteiger partial charge in [-0.05, 0) is 7.05 Å². The first-order chi connectivity index (χ1) is 6.34. The minimum atomic E-state index is 1.01. The Bertz CT molecular complexity index is 299. The van der Waals surface area contributed by atoms with Crippen LogP contribution in [0.3, 0.4) is 0 Å². The molecule has 6 heteroatoms. The van der Waals surface area contributed by atoms with Gasteiger partial charge in [0.25, 0.3) is 0 Å². The Morgan fingerprint density at radius 1 is 1.54 bits per heavy atom. The minimum absolute atomic E-state index is 1.01. The van der Waals surface area contributed by atoms with Crippen molar-refractivity contribution in [1.29, 1.82) is 0 Å². The summed E-state index contributed by atoms with van der Waals surface area (Å²) in [6.45, 7) is 3.16. The van der Waals surface area contributed by atoms with Crippen molar-refractivity contribution in [3.05, 3.63) is 10.7 Å². The van der Waals surface area contributed by atoms with Gasteiger partial charge in [-0.25, -0.2) is 5.01 Å². The van der Waals surface area contributed by atoms with Crippen LogP contribution in [-0.4, -0.2) is 47.9 Å². The van der Waals surface area contributed by atoms with Gasteiger partial charge in [0.1, 0.15) is 11.4 Å². The monoisotopic (exact) mass is 197 g/mol. The first-order valence-corrected chi connectivity index (χ1v) is 5.07. The molecule has 0 aromatic carbocycles. The van der Waals surface area contributed by atoms with Crippen LogP contribution < -0.4 is 5.53 Å². The van der Waals surface area contributed by atoms with Crippen LogP contribution in [0.25, 0.3) is 0 Å². The van der Waals surface area contributed by atoms with Gasteiger partial charge in [0.2, 0.25) is 0 Å². The van der Waals surface area contributed by atoms with Gasteiger partial charge in [-0.3, -0.25) is 9.91 Å². The Hall–Kier alpha value is -0.720. The summed E-state index contributed by atoms with van der Waals surface area (Å²) in [7, 11) is 2.15. The predicted octanol–water partition coefficient (Wildman–Crippen LogP) is -0.172. The summed E-state index contributed by atoms with van der Waals surface area (Å²) in [4.78, 5) is 2.32. The average Bonchev–Trinajstić information content (AvgIpc) is 2.64. The summed E-state index contributed by atoms with van der Waals surface area (Å²) in [5, 5.41) is 5.42. The van der Waals surface area contributed by atoms with Crippen LogP contribution in [0.15, 0.2) is 15.1 Å². The molecule has 0 saturated carbocycles. The quantitative estimate of drug-likeness (QED) is 0.545.